The highest BCUT2D eigenvalue weighted by Gasteiger charge is 2.03. The molecule has 0 unspecified atom stereocenters. The smallest absolute Gasteiger partial charge is 0.122 e. The lowest BCUT2D eigenvalue weighted by molar-refractivity contribution is 0.318. The quantitative estimate of drug-likeness (QED) is 0.850. The number of hydrogen-bond acceptors (Lipinski definition) is 3. The Bertz CT molecular complexity index is 570. The summed E-state index contributed by atoms with van der Waals surface area (Å²) in [5.41, 5.74) is 8.52. The first kappa shape index (κ1) is 13.5. The first-order valence-electron chi connectivity index (χ1n) is 6.10. The van der Waals surface area contributed by atoms with Crippen LogP contribution in [0.15, 0.2) is 42.6 Å². The normalized spacial score (nSPS) is 10.2. The summed E-state index contributed by atoms with van der Waals surface area (Å²) in [5.74, 6) is 0.857. The van der Waals surface area contributed by atoms with Gasteiger partial charge in [-0.05, 0) is 42.8 Å². The molecule has 0 atom stereocenters. The summed E-state index contributed by atoms with van der Waals surface area (Å²) in [6.45, 7) is 2.59. The minimum absolute atomic E-state index is 0.406. The van der Waals surface area contributed by atoms with Gasteiger partial charge in [-0.2, -0.15) is 0 Å². The van der Waals surface area contributed by atoms with E-state index in [4.69, 9.17) is 22.7 Å². The Morgan fingerprint density at radius 2 is 2.16 bits per heavy atom. The zero-order chi connectivity index (χ0) is 13.7. The zero-order valence-electron chi connectivity index (χ0n) is 10.8. The fourth-order valence-electron chi connectivity index (χ4n) is 1.78. The van der Waals surface area contributed by atoms with Crippen LogP contribution in [0.1, 0.15) is 16.8 Å². The Kier molecular flexibility index (Phi) is 4.47. The Morgan fingerprint density at radius 3 is 2.79 bits per heavy atom. The molecule has 0 saturated carbocycles. The predicted molar refractivity (Wildman–Crippen MR) is 80.5 cm³/mol. The van der Waals surface area contributed by atoms with Crippen molar-refractivity contribution in [1.82, 2.24) is 4.98 Å². The third-order valence-electron chi connectivity index (χ3n) is 2.80. The van der Waals surface area contributed by atoms with Crippen molar-refractivity contribution in [3.63, 3.8) is 0 Å². The molecule has 1 aromatic heterocycles. The van der Waals surface area contributed by atoms with Crippen LogP contribution >= 0.6 is 12.2 Å². The van der Waals surface area contributed by atoms with Crippen molar-refractivity contribution < 1.29 is 4.74 Å². The zero-order valence-corrected chi connectivity index (χ0v) is 11.6. The summed E-state index contributed by atoms with van der Waals surface area (Å²) in [7, 11) is 0. The van der Waals surface area contributed by atoms with Crippen molar-refractivity contribution >= 4 is 17.2 Å². The van der Waals surface area contributed by atoms with Gasteiger partial charge in [0.2, 0.25) is 0 Å². The van der Waals surface area contributed by atoms with Gasteiger partial charge in [-0.15, -0.1) is 0 Å². The second-order valence-electron chi connectivity index (χ2n) is 4.26. The second-order valence-corrected chi connectivity index (χ2v) is 4.70. The SMILES string of the molecule is Cc1cc(C(N)=S)ccc1OCCc1ccccn1. The Hall–Kier alpha value is -1.94. The van der Waals surface area contributed by atoms with Crippen LogP contribution in [0.3, 0.4) is 0 Å². The molecule has 0 saturated heterocycles. The number of aryl methyl sites for hydroxylation is 1. The molecule has 0 aliphatic rings. The van der Waals surface area contributed by atoms with Gasteiger partial charge < -0.3 is 10.5 Å². The highest BCUT2D eigenvalue weighted by atomic mass is 32.1. The minimum Gasteiger partial charge on any atom is -0.493 e. The van der Waals surface area contributed by atoms with Crippen molar-refractivity contribution in [1.29, 1.82) is 0 Å². The van der Waals surface area contributed by atoms with E-state index in [0.717, 1.165) is 29.0 Å². The molecule has 1 aromatic carbocycles. The van der Waals surface area contributed by atoms with Gasteiger partial charge in [0, 0.05) is 23.9 Å². The van der Waals surface area contributed by atoms with Gasteiger partial charge in [-0.1, -0.05) is 18.3 Å². The highest BCUT2D eigenvalue weighted by Crippen LogP contribution is 2.19. The molecule has 19 heavy (non-hydrogen) atoms. The topological polar surface area (TPSA) is 48.1 Å². The summed E-state index contributed by atoms with van der Waals surface area (Å²) in [6.07, 6.45) is 2.58. The van der Waals surface area contributed by atoms with Crippen LogP contribution in [0, 0.1) is 6.92 Å². The summed E-state index contributed by atoms with van der Waals surface area (Å²) >= 11 is 4.95. The van der Waals surface area contributed by atoms with Crippen LogP contribution in [0.4, 0.5) is 0 Å². The number of nitrogens with zero attached hydrogens (tertiary/aromatic N) is 1. The molecule has 2 aromatic rings. The summed E-state index contributed by atoms with van der Waals surface area (Å²) in [5, 5.41) is 0. The largest absolute Gasteiger partial charge is 0.493 e. The third-order valence-corrected chi connectivity index (χ3v) is 3.04. The van der Waals surface area contributed by atoms with Crippen LogP contribution < -0.4 is 10.5 Å². The molecule has 2 rings (SSSR count). The summed E-state index contributed by atoms with van der Waals surface area (Å²) in [4.78, 5) is 4.66. The van der Waals surface area contributed by atoms with Crippen molar-refractivity contribution in [3.8, 4) is 5.75 Å². The fourth-order valence-corrected chi connectivity index (χ4v) is 1.90. The number of aromatic nitrogens is 1. The molecule has 2 N–H and O–H groups in total. The van der Waals surface area contributed by atoms with E-state index in [9.17, 15) is 0 Å². The van der Waals surface area contributed by atoms with E-state index >= 15 is 0 Å². The molecule has 0 bridgehead atoms. The fraction of sp³-hybridized carbons (Fsp3) is 0.200. The van der Waals surface area contributed by atoms with Gasteiger partial charge in [-0.3, -0.25) is 4.98 Å². The predicted octanol–water partition coefficient (Wildman–Crippen LogP) is 2.65. The lowest BCUT2D eigenvalue weighted by Gasteiger charge is -2.10. The molecule has 1 heterocycles. The molecule has 0 radical (unpaired) electrons. The van der Waals surface area contributed by atoms with Crippen LogP contribution in [-0.2, 0) is 6.42 Å². The molecule has 98 valence electrons. The lowest BCUT2D eigenvalue weighted by atomic mass is 10.1. The molecular weight excluding hydrogens is 256 g/mol. The van der Waals surface area contributed by atoms with E-state index in [-0.39, 0.29) is 0 Å². The second kappa shape index (κ2) is 6.29. The van der Waals surface area contributed by atoms with Crippen molar-refractivity contribution in [2.75, 3.05) is 6.61 Å². The van der Waals surface area contributed by atoms with Crippen molar-refractivity contribution in [3.05, 3.63) is 59.4 Å². The third kappa shape index (κ3) is 3.76. The Morgan fingerprint density at radius 1 is 1.32 bits per heavy atom. The molecule has 3 nitrogen and oxygen atoms in total. The van der Waals surface area contributed by atoms with E-state index in [1.165, 1.54) is 0 Å². The number of pyridine rings is 1. The van der Waals surface area contributed by atoms with Crippen molar-refractivity contribution in [2.45, 2.75) is 13.3 Å². The van der Waals surface area contributed by atoms with Gasteiger partial charge in [0.1, 0.15) is 10.7 Å². The standard InChI is InChI=1S/C15H16N2OS/c1-11-10-12(15(16)19)5-6-14(11)18-9-7-13-4-2-3-8-17-13/h2-6,8,10H,7,9H2,1H3,(H2,16,19). The van der Waals surface area contributed by atoms with Crippen LogP contribution in [0.25, 0.3) is 0 Å². The van der Waals surface area contributed by atoms with Gasteiger partial charge in [0.05, 0.1) is 6.61 Å². The first-order valence-corrected chi connectivity index (χ1v) is 6.51. The van der Waals surface area contributed by atoms with E-state index in [1.54, 1.807) is 6.20 Å². The highest BCUT2D eigenvalue weighted by molar-refractivity contribution is 7.80. The minimum atomic E-state index is 0.406. The lowest BCUT2D eigenvalue weighted by Crippen LogP contribution is -2.10. The molecule has 0 aliphatic carbocycles. The maximum atomic E-state index is 5.75. The number of rotatable bonds is 5. The van der Waals surface area contributed by atoms with Crippen LogP contribution in [-0.4, -0.2) is 16.6 Å². The van der Waals surface area contributed by atoms with Crippen LogP contribution in [0.5, 0.6) is 5.75 Å². The molecule has 0 aliphatic heterocycles. The molecular formula is C15H16N2OS. The van der Waals surface area contributed by atoms with Gasteiger partial charge in [0.15, 0.2) is 0 Å². The first-order chi connectivity index (χ1) is 9.16. The summed E-state index contributed by atoms with van der Waals surface area (Å²) < 4.78 is 5.75. The Labute approximate surface area is 118 Å². The van der Waals surface area contributed by atoms with Gasteiger partial charge >= 0.3 is 0 Å². The molecule has 0 spiro atoms. The van der Waals surface area contributed by atoms with Gasteiger partial charge in [0.25, 0.3) is 0 Å². The van der Waals surface area contributed by atoms with E-state index < -0.39 is 0 Å². The monoisotopic (exact) mass is 272 g/mol. The van der Waals surface area contributed by atoms with Crippen molar-refractivity contribution in [2.24, 2.45) is 5.73 Å². The molecule has 0 fully saturated rings. The molecule has 4 heteroatoms. The average molecular weight is 272 g/mol. The van der Waals surface area contributed by atoms with E-state index in [1.807, 2.05) is 43.3 Å². The molecule has 0 amide bonds. The van der Waals surface area contributed by atoms with E-state index in [2.05, 4.69) is 4.98 Å². The average Bonchev–Trinajstić information content (AvgIpc) is 2.41. The number of nitrogens with two attached hydrogens (primary N) is 1. The Balaban J connectivity index is 1.95. The number of benzene rings is 1. The van der Waals surface area contributed by atoms with Crippen LogP contribution in [0.2, 0.25) is 0 Å². The maximum Gasteiger partial charge on any atom is 0.122 e. The van der Waals surface area contributed by atoms with E-state index in [0.29, 0.717) is 11.6 Å². The maximum absolute atomic E-state index is 5.75. The van der Waals surface area contributed by atoms with Gasteiger partial charge in [-0.25, -0.2) is 0 Å². The number of ether oxygens (including phenoxy) is 1. The summed E-state index contributed by atoms with van der Waals surface area (Å²) in [6, 6.07) is 11.6. The number of hydrogen-bond donors (Lipinski definition) is 1. The number of thiocarbonyl (C=S) groups is 1.